The minimum Gasteiger partial charge on any atom is -0.493 e. The van der Waals surface area contributed by atoms with Crippen LogP contribution in [0.2, 0.25) is 0 Å². The maximum Gasteiger partial charge on any atom is 0.208 e. The van der Waals surface area contributed by atoms with Crippen molar-refractivity contribution in [2.45, 2.75) is 51.0 Å². The van der Waals surface area contributed by atoms with E-state index >= 15 is 0 Å². The molecule has 0 aromatic carbocycles. The van der Waals surface area contributed by atoms with Gasteiger partial charge in [-0.2, -0.15) is 0 Å². The van der Waals surface area contributed by atoms with E-state index in [0.717, 1.165) is 30.0 Å². The van der Waals surface area contributed by atoms with E-state index in [1.807, 2.05) is 0 Å². The van der Waals surface area contributed by atoms with E-state index in [2.05, 4.69) is 9.97 Å². The van der Waals surface area contributed by atoms with Gasteiger partial charge in [-0.15, -0.1) is 0 Å². The molecule has 5 rings (SSSR count). The molecule has 4 fully saturated rings. The molecule has 4 bridgehead atoms. The van der Waals surface area contributed by atoms with Crippen molar-refractivity contribution in [2.75, 3.05) is 0 Å². The summed E-state index contributed by atoms with van der Waals surface area (Å²) in [5.74, 6) is 3.75. The van der Waals surface area contributed by atoms with E-state index in [4.69, 9.17) is 5.73 Å². The molecule has 19 heavy (non-hydrogen) atoms. The number of aromatic hydroxyl groups is 1. The molecule has 4 saturated carbocycles. The van der Waals surface area contributed by atoms with Crippen molar-refractivity contribution in [3.05, 3.63) is 12.0 Å². The number of nitrogens with one attached hydrogen (secondary N) is 1. The van der Waals surface area contributed by atoms with Gasteiger partial charge in [-0.05, 0) is 68.1 Å². The van der Waals surface area contributed by atoms with Gasteiger partial charge in [0.25, 0.3) is 0 Å². The fourth-order valence-corrected chi connectivity index (χ4v) is 5.62. The summed E-state index contributed by atoms with van der Waals surface area (Å²) in [5, 5.41) is 9.36. The molecule has 4 nitrogen and oxygen atoms in total. The average molecular weight is 261 g/mol. The number of hydrogen-bond donors (Lipinski definition) is 3. The van der Waals surface area contributed by atoms with Gasteiger partial charge in [0, 0.05) is 0 Å². The summed E-state index contributed by atoms with van der Waals surface area (Å²) in [6.45, 7) is 0. The Labute approximate surface area is 113 Å². The minimum absolute atomic E-state index is 0.0582. The van der Waals surface area contributed by atoms with E-state index in [1.54, 1.807) is 0 Å². The molecule has 0 radical (unpaired) electrons. The third kappa shape index (κ3) is 1.97. The van der Waals surface area contributed by atoms with E-state index in [1.165, 1.54) is 44.7 Å². The van der Waals surface area contributed by atoms with Crippen molar-refractivity contribution in [3.63, 3.8) is 0 Å². The van der Waals surface area contributed by atoms with E-state index < -0.39 is 0 Å². The molecule has 1 atom stereocenters. The van der Waals surface area contributed by atoms with Crippen LogP contribution in [-0.4, -0.2) is 15.1 Å². The van der Waals surface area contributed by atoms with Crippen molar-refractivity contribution in [3.8, 4) is 5.88 Å². The fraction of sp³-hybridized carbons (Fsp3) is 0.800. The topological polar surface area (TPSA) is 74.9 Å². The van der Waals surface area contributed by atoms with E-state index in [-0.39, 0.29) is 11.9 Å². The highest BCUT2D eigenvalue weighted by Crippen LogP contribution is 2.62. The lowest BCUT2D eigenvalue weighted by Gasteiger charge is -2.57. The Morgan fingerprint density at radius 1 is 1.26 bits per heavy atom. The van der Waals surface area contributed by atoms with Crippen LogP contribution in [0.3, 0.4) is 0 Å². The second kappa shape index (κ2) is 3.98. The second-order valence-electron chi connectivity index (χ2n) is 7.38. The monoisotopic (exact) mass is 261 g/mol. The molecule has 4 aliphatic carbocycles. The summed E-state index contributed by atoms with van der Waals surface area (Å²) in [6.07, 6.45) is 11.0. The largest absolute Gasteiger partial charge is 0.493 e. The van der Waals surface area contributed by atoms with Gasteiger partial charge in [0.2, 0.25) is 5.88 Å². The third-order valence-corrected chi connectivity index (χ3v) is 5.75. The van der Waals surface area contributed by atoms with E-state index in [0.29, 0.717) is 5.41 Å². The lowest BCUT2D eigenvalue weighted by molar-refractivity contribution is -0.0608. The van der Waals surface area contributed by atoms with Gasteiger partial charge in [0.05, 0.1) is 12.2 Å². The number of nitrogens with zero attached hydrogens (tertiary/aromatic N) is 1. The number of H-pyrrole nitrogens is 1. The molecule has 1 heterocycles. The Hall–Kier alpha value is -1.03. The first kappa shape index (κ1) is 11.8. The number of aromatic nitrogens is 2. The molecule has 4 aliphatic rings. The zero-order chi connectivity index (χ0) is 13.0. The summed E-state index contributed by atoms with van der Waals surface area (Å²) < 4.78 is 0. The van der Waals surface area contributed by atoms with E-state index in [9.17, 15) is 5.11 Å². The van der Waals surface area contributed by atoms with Gasteiger partial charge in [0.1, 0.15) is 5.82 Å². The van der Waals surface area contributed by atoms with Gasteiger partial charge < -0.3 is 15.8 Å². The van der Waals surface area contributed by atoms with Gasteiger partial charge in [0.15, 0.2) is 0 Å². The fourth-order valence-electron chi connectivity index (χ4n) is 5.62. The molecule has 0 aliphatic heterocycles. The number of hydrogen-bond acceptors (Lipinski definition) is 3. The highest BCUT2D eigenvalue weighted by molar-refractivity contribution is 5.10. The van der Waals surface area contributed by atoms with Crippen LogP contribution >= 0.6 is 0 Å². The summed E-state index contributed by atoms with van der Waals surface area (Å²) in [7, 11) is 0. The standard InChI is InChI=1S/C15H23N3O/c16-12(14-17-8-13(19)18-14)7-15-4-9-1-10(5-15)3-11(2-9)6-15/h8-12,19H,1-7,16H2,(H,17,18). The van der Waals surface area contributed by atoms with Gasteiger partial charge in [-0.25, -0.2) is 4.98 Å². The minimum atomic E-state index is -0.0582. The summed E-state index contributed by atoms with van der Waals surface area (Å²) >= 11 is 0. The van der Waals surface area contributed by atoms with Crippen LogP contribution in [0.5, 0.6) is 5.88 Å². The number of rotatable bonds is 3. The Balaban J connectivity index is 1.53. The quantitative estimate of drug-likeness (QED) is 0.783. The van der Waals surface area contributed by atoms with Crippen molar-refractivity contribution in [1.29, 1.82) is 0 Å². The van der Waals surface area contributed by atoms with Crippen LogP contribution in [0.4, 0.5) is 0 Å². The van der Waals surface area contributed by atoms with Crippen molar-refractivity contribution >= 4 is 0 Å². The first-order chi connectivity index (χ1) is 9.12. The SMILES string of the molecule is NC(CC12CC3CC(CC(C3)C1)C2)c1ncc(O)[nH]1. The molecule has 1 unspecified atom stereocenters. The Bertz CT molecular complexity index is 446. The summed E-state index contributed by atoms with van der Waals surface area (Å²) in [5.41, 5.74) is 6.79. The zero-order valence-corrected chi connectivity index (χ0v) is 11.3. The maximum atomic E-state index is 9.36. The number of imidazole rings is 1. The molecule has 104 valence electrons. The molecule has 0 amide bonds. The van der Waals surface area contributed by atoms with Crippen molar-refractivity contribution in [1.82, 2.24) is 9.97 Å². The Morgan fingerprint density at radius 2 is 1.84 bits per heavy atom. The average Bonchev–Trinajstić information content (AvgIpc) is 2.73. The Kier molecular flexibility index (Phi) is 2.47. The van der Waals surface area contributed by atoms with Crippen LogP contribution in [0, 0.1) is 23.2 Å². The van der Waals surface area contributed by atoms with Gasteiger partial charge in [-0.3, -0.25) is 0 Å². The molecule has 1 aromatic rings. The molecule has 1 aromatic heterocycles. The smallest absolute Gasteiger partial charge is 0.208 e. The number of aromatic amines is 1. The molecular weight excluding hydrogens is 238 g/mol. The summed E-state index contributed by atoms with van der Waals surface area (Å²) in [6, 6.07) is -0.0582. The molecule has 4 heteroatoms. The molecule has 4 N–H and O–H groups in total. The highest BCUT2D eigenvalue weighted by atomic mass is 16.3. The predicted octanol–water partition coefficient (Wildman–Crippen LogP) is 2.72. The van der Waals surface area contributed by atoms with Crippen LogP contribution in [-0.2, 0) is 0 Å². The zero-order valence-electron chi connectivity index (χ0n) is 11.3. The highest BCUT2D eigenvalue weighted by Gasteiger charge is 2.51. The normalized spacial score (nSPS) is 41.6. The molecular formula is C15H23N3O. The summed E-state index contributed by atoms with van der Waals surface area (Å²) in [4.78, 5) is 7.06. The Morgan fingerprint density at radius 3 is 2.32 bits per heavy atom. The molecule has 0 saturated heterocycles. The van der Waals surface area contributed by atoms with Crippen molar-refractivity contribution in [2.24, 2.45) is 28.9 Å². The lowest BCUT2D eigenvalue weighted by Crippen LogP contribution is -2.47. The van der Waals surface area contributed by atoms with Gasteiger partial charge in [-0.1, -0.05) is 0 Å². The van der Waals surface area contributed by atoms with Crippen LogP contribution in [0.25, 0.3) is 0 Å². The second-order valence-corrected chi connectivity index (χ2v) is 7.38. The van der Waals surface area contributed by atoms with Crippen LogP contribution < -0.4 is 5.73 Å². The van der Waals surface area contributed by atoms with Crippen LogP contribution in [0.1, 0.15) is 56.8 Å². The van der Waals surface area contributed by atoms with Crippen molar-refractivity contribution < 1.29 is 5.11 Å². The molecule has 0 spiro atoms. The third-order valence-electron chi connectivity index (χ3n) is 5.75. The lowest BCUT2D eigenvalue weighted by atomic mass is 9.48. The van der Waals surface area contributed by atoms with Crippen LogP contribution in [0.15, 0.2) is 6.20 Å². The predicted molar refractivity (Wildman–Crippen MR) is 72.4 cm³/mol. The van der Waals surface area contributed by atoms with Gasteiger partial charge >= 0.3 is 0 Å². The first-order valence-corrected chi connectivity index (χ1v) is 7.61. The maximum absolute atomic E-state index is 9.36. The first-order valence-electron chi connectivity index (χ1n) is 7.61. The number of nitrogens with two attached hydrogens (primary N) is 1.